The number of hydrogen-bond donors (Lipinski definition) is 1. The van der Waals surface area contributed by atoms with Gasteiger partial charge < -0.3 is 15.2 Å². The maximum absolute atomic E-state index is 12.5. The first-order valence-electron chi connectivity index (χ1n) is 4.44. The van der Waals surface area contributed by atoms with Crippen molar-refractivity contribution in [1.29, 1.82) is 0 Å². The summed E-state index contributed by atoms with van der Waals surface area (Å²) in [7, 11) is 2.65. The lowest BCUT2D eigenvalue weighted by atomic mass is 10.1. The third-order valence-corrected chi connectivity index (χ3v) is 2.12. The molecule has 0 aliphatic carbocycles. The van der Waals surface area contributed by atoms with Crippen molar-refractivity contribution in [2.75, 3.05) is 14.2 Å². The minimum Gasteiger partial charge on any atom is -0.497 e. The van der Waals surface area contributed by atoms with Crippen molar-refractivity contribution in [2.24, 2.45) is 5.73 Å². The molecule has 0 aliphatic rings. The second-order valence-electron chi connectivity index (χ2n) is 3.13. The second kappa shape index (κ2) is 4.61. The lowest BCUT2D eigenvalue weighted by Crippen LogP contribution is -2.28. The maximum Gasteiger partial charge on any atom is 0.407 e. The van der Waals surface area contributed by atoms with Gasteiger partial charge in [-0.05, 0) is 18.2 Å². The first-order valence-corrected chi connectivity index (χ1v) is 4.44. The van der Waals surface area contributed by atoms with E-state index < -0.39 is 12.2 Å². The van der Waals surface area contributed by atoms with Gasteiger partial charge in [-0.25, -0.2) is 0 Å². The molecule has 1 aromatic rings. The van der Waals surface area contributed by atoms with Crippen molar-refractivity contribution in [3.63, 3.8) is 0 Å². The first-order chi connectivity index (χ1) is 7.40. The van der Waals surface area contributed by atoms with E-state index in [9.17, 15) is 13.2 Å². The lowest BCUT2D eigenvalue weighted by molar-refractivity contribution is -0.149. The van der Waals surface area contributed by atoms with Gasteiger partial charge >= 0.3 is 6.18 Å². The van der Waals surface area contributed by atoms with E-state index in [0.717, 1.165) is 0 Å². The van der Waals surface area contributed by atoms with Crippen LogP contribution in [0.5, 0.6) is 11.5 Å². The predicted molar refractivity (Wildman–Crippen MR) is 52.5 cm³/mol. The monoisotopic (exact) mass is 235 g/mol. The van der Waals surface area contributed by atoms with Crippen molar-refractivity contribution < 1.29 is 22.6 Å². The summed E-state index contributed by atoms with van der Waals surface area (Å²) >= 11 is 0. The highest BCUT2D eigenvalue weighted by atomic mass is 19.4. The largest absolute Gasteiger partial charge is 0.497 e. The van der Waals surface area contributed by atoms with E-state index in [1.807, 2.05) is 0 Å². The van der Waals surface area contributed by atoms with E-state index in [-0.39, 0.29) is 11.3 Å². The Morgan fingerprint density at radius 1 is 1.19 bits per heavy atom. The minimum absolute atomic E-state index is 0.0885. The van der Waals surface area contributed by atoms with Gasteiger partial charge in [-0.15, -0.1) is 0 Å². The summed E-state index contributed by atoms with van der Waals surface area (Å²) in [6.45, 7) is 0. The number of nitrogens with two attached hydrogens (primary N) is 1. The first kappa shape index (κ1) is 12.6. The zero-order valence-electron chi connectivity index (χ0n) is 8.84. The summed E-state index contributed by atoms with van der Waals surface area (Å²) in [5, 5.41) is 0. The maximum atomic E-state index is 12.5. The third kappa shape index (κ3) is 2.57. The molecule has 0 unspecified atom stereocenters. The van der Waals surface area contributed by atoms with Crippen molar-refractivity contribution in [3.8, 4) is 11.5 Å². The van der Waals surface area contributed by atoms with E-state index in [2.05, 4.69) is 0 Å². The molecule has 0 aliphatic heterocycles. The van der Waals surface area contributed by atoms with Gasteiger partial charge in [-0.3, -0.25) is 0 Å². The van der Waals surface area contributed by atoms with Crippen LogP contribution < -0.4 is 15.2 Å². The average Bonchev–Trinajstić information content (AvgIpc) is 2.25. The van der Waals surface area contributed by atoms with Gasteiger partial charge in [0.05, 0.1) is 14.2 Å². The van der Waals surface area contributed by atoms with Crippen LogP contribution >= 0.6 is 0 Å². The lowest BCUT2D eigenvalue weighted by Gasteiger charge is -2.19. The van der Waals surface area contributed by atoms with E-state index >= 15 is 0 Å². The summed E-state index contributed by atoms with van der Waals surface area (Å²) in [5.74, 6) is 0.390. The van der Waals surface area contributed by atoms with Crippen molar-refractivity contribution >= 4 is 0 Å². The minimum atomic E-state index is -4.51. The molecule has 2 N–H and O–H groups in total. The highest BCUT2D eigenvalue weighted by Gasteiger charge is 2.39. The van der Waals surface area contributed by atoms with Gasteiger partial charge in [0.1, 0.15) is 17.5 Å². The van der Waals surface area contributed by atoms with Crippen LogP contribution in [0.15, 0.2) is 18.2 Å². The standard InChI is InChI=1S/C10H12F3NO2/c1-15-6-3-4-8(16-2)7(5-6)9(14)10(11,12)13/h3-5,9H,14H2,1-2H3/t9-/m1/s1. The zero-order valence-corrected chi connectivity index (χ0v) is 8.84. The molecule has 16 heavy (non-hydrogen) atoms. The molecule has 1 rings (SSSR count). The fourth-order valence-electron chi connectivity index (χ4n) is 1.26. The summed E-state index contributed by atoms with van der Waals surface area (Å²) in [6, 6.07) is 2.03. The van der Waals surface area contributed by atoms with Crippen LogP contribution in [-0.2, 0) is 0 Å². The van der Waals surface area contributed by atoms with Crippen LogP contribution in [0.2, 0.25) is 0 Å². The predicted octanol–water partition coefficient (Wildman–Crippen LogP) is 2.27. The molecule has 0 aromatic heterocycles. The van der Waals surface area contributed by atoms with Crippen LogP contribution in [0.4, 0.5) is 13.2 Å². The van der Waals surface area contributed by atoms with E-state index in [1.54, 1.807) is 0 Å². The Hall–Kier alpha value is -1.43. The van der Waals surface area contributed by atoms with Crippen molar-refractivity contribution in [1.82, 2.24) is 0 Å². The number of alkyl halides is 3. The molecule has 1 atom stereocenters. The molecule has 0 spiro atoms. The molecular weight excluding hydrogens is 223 g/mol. The van der Waals surface area contributed by atoms with Crippen molar-refractivity contribution in [3.05, 3.63) is 23.8 Å². The summed E-state index contributed by atoms with van der Waals surface area (Å²) < 4.78 is 47.1. The number of benzene rings is 1. The van der Waals surface area contributed by atoms with Gasteiger partial charge in [-0.1, -0.05) is 0 Å². The summed E-state index contributed by atoms with van der Waals surface area (Å²) in [5.41, 5.74) is 4.97. The normalized spacial score (nSPS) is 13.4. The quantitative estimate of drug-likeness (QED) is 0.874. The highest BCUT2D eigenvalue weighted by Crippen LogP contribution is 2.37. The smallest absolute Gasteiger partial charge is 0.407 e. The average molecular weight is 235 g/mol. The molecule has 3 nitrogen and oxygen atoms in total. The molecule has 0 amide bonds. The van der Waals surface area contributed by atoms with E-state index in [4.69, 9.17) is 15.2 Å². The van der Waals surface area contributed by atoms with Crippen LogP contribution in [-0.4, -0.2) is 20.4 Å². The Bertz CT molecular complexity index is 366. The Morgan fingerprint density at radius 2 is 1.81 bits per heavy atom. The molecule has 0 saturated carbocycles. The van der Waals surface area contributed by atoms with Gasteiger partial charge in [0.25, 0.3) is 0 Å². The van der Waals surface area contributed by atoms with Crippen molar-refractivity contribution in [2.45, 2.75) is 12.2 Å². The Morgan fingerprint density at radius 3 is 2.25 bits per heavy atom. The molecule has 0 saturated heterocycles. The van der Waals surface area contributed by atoms with Crippen LogP contribution in [0.1, 0.15) is 11.6 Å². The summed E-state index contributed by atoms with van der Waals surface area (Å²) in [6.07, 6.45) is -4.51. The molecule has 90 valence electrons. The number of methoxy groups -OCH3 is 2. The van der Waals surface area contributed by atoms with Gasteiger partial charge in [0.2, 0.25) is 0 Å². The molecular formula is C10H12F3NO2. The number of ether oxygens (including phenoxy) is 2. The number of hydrogen-bond acceptors (Lipinski definition) is 3. The van der Waals surface area contributed by atoms with Crippen LogP contribution in [0.3, 0.4) is 0 Å². The van der Waals surface area contributed by atoms with Crippen LogP contribution in [0.25, 0.3) is 0 Å². The number of halogens is 3. The second-order valence-corrected chi connectivity index (χ2v) is 3.13. The molecule has 6 heteroatoms. The SMILES string of the molecule is COc1ccc(OC)c([C@@H](N)C(F)(F)F)c1. The highest BCUT2D eigenvalue weighted by molar-refractivity contribution is 5.42. The fraction of sp³-hybridized carbons (Fsp3) is 0.400. The zero-order chi connectivity index (χ0) is 12.3. The number of rotatable bonds is 3. The molecule has 0 bridgehead atoms. The van der Waals surface area contributed by atoms with E-state index in [0.29, 0.717) is 5.75 Å². The van der Waals surface area contributed by atoms with Crippen LogP contribution in [0, 0.1) is 0 Å². The Balaban J connectivity index is 3.18. The third-order valence-electron chi connectivity index (χ3n) is 2.12. The molecule has 0 fully saturated rings. The fourth-order valence-corrected chi connectivity index (χ4v) is 1.26. The molecule has 0 radical (unpaired) electrons. The van der Waals surface area contributed by atoms with Gasteiger partial charge in [0, 0.05) is 5.56 Å². The van der Waals surface area contributed by atoms with Gasteiger partial charge in [0.15, 0.2) is 0 Å². The van der Waals surface area contributed by atoms with Gasteiger partial charge in [-0.2, -0.15) is 13.2 Å². The van der Waals surface area contributed by atoms with E-state index in [1.165, 1.54) is 32.4 Å². The Labute approximate surface area is 91.0 Å². The molecule has 0 heterocycles. The Kier molecular flexibility index (Phi) is 3.64. The molecule has 1 aromatic carbocycles. The topological polar surface area (TPSA) is 44.5 Å². The summed E-state index contributed by atoms with van der Waals surface area (Å²) in [4.78, 5) is 0.